The zero-order chi connectivity index (χ0) is 33.1. The van der Waals surface area contributed by atoms with E-state index in [1.54, 1.807) is 6.20 Å². The lowest BCUT2D eigenvalue weighted by Gasteiger charge is -2.45. The van der Waals surface area contributed by atoms with Gasteiger partial charge in [-0.25, -0.2) is 19.3 Å². The molecule has 0 amide bonds. The summed E-state index contributed by atoms with van der Waals surface area (Å²) < 4.78 is 42.6. The van der Waals surface area contributed by atoms with Crippen molar-refractivity contribution in [3.8, 4) is 5.82 Å². The zero-order valence-corrected chi connectivity index (χ0v) is 26.4. The van der Waals surface area contributed by atoms with E-state index in [0.29, 0.717) is 28.7 Å². The Hall–Kier alpha value is -3.05. The van der Waals surface area contributed by atoms with E-state index in [9.17, 15) is 18.4 Å². The van der Waals surface area contributed by atoms with Crippen LogP contribution >= 0.6 is 22.9 Å². The number of fused-ring (bicyclic) bond motifs is 2. The third-order valence-electron chi connectivity index (χ3n) is 7.56. The maximum Gasteiger partial charge on any atom is 0.335 e. The Bertz CT molecular complexity index is 1490. The van der Waals surface area contributed by atoms with Crippen LogP contribution in [0.5, 0.6) is 0 Å². The summed E-state index contributed by atoms with van der Waals surface area (Å²) >= 11 is 7.35. The molecular weight excluding hydrogens is 638 g/mol. The van der Waals surface area contributed by atoms with Gasteiger partial charge in [0.2, 0.25) is 0 Å². The van der Waals surface area contributed by atoms with Crippen molar-refractivity contribution in [2.45, 2.75) is 76.6 Å². The van der Waals surface area contributed by atoms with Crippen molar-refractivity contribution in [1.82, 2.24) is 19.7 Å². The first-order chi connectivity index (χ1) is 21.1. The highest BCUT2D eigenvalue weighted by molar-refractivity contribution is 7.16. The highest BCUT2D eigenvalue weighted by Crippen LogP contribution is 2.52. The van der Waals surface area contributed by atoms with Gasteiger partial charge in [-0.3, -0.25) is 4.90 Å². The van der Waals surface area contributed by atoms with Crippen LogP contribution in [0, 0.1) is 6.92 Å². The minimum atomic E-state index is -2.99. The topological polar surface area (TPSA) is 167 Å². The summed E-state index contributed by atoms with van der Waals surface area (Å²) in [6, 6.07) is 5.32. The molecule has 2 atom stereocenters. The molecule has 45 heavy (non-hydrogen) atoms. The predicted octanol–water partition coefficient (Wildman–Crippen LogP) is 3.71. The van der Waals surface area contributed by atoms with E-state index in [2.05, 4.69) is 9.88 Å². The van der Waals surface area contributed by atoms with Crippen molar-refractivity contribution in [1.29, 1.82) is 0 Å². The van der Waals surface area contributed by atoms with Crippen molar-refractivity contribution < 1.29 is 48.3 Å². The Labute approximate surface area is 266 Å². The quantitative estimate of drug-likeness (QED) is 0.262. The molecule has 4 N–H and O–H groups in total. The molecule has 2 aliphatic heterocycles. The molecule has 2 aliphatic rings. The molecule has 1 fully saturated rings. The number of aliphatic hydroxyl groups is 2. The fourth-order valence-electron chi connectivity index (χ4n) is 5.06. The van der Waals surface area contributed by atoms with Crippen LogP contribution in [0.15, 0.2) is 30.6 Å². The smallest absolute Gasteiger partial charge is 0.335 e. The Kier molecular flexibility index (Phi) is 11.0. The number of aromatic nitrogens is 3. The highest BCUT2D eigenvalue weighted by atomic mass is 35.5. The molecule has 0 unspecified atom stereocenters. The molecule has 12 nitrogen and oxygen atoms in total. The van der Waals surface area contributed by atoms with Gasteiger partial charge in [0, 0.05) is 53.6 Å². The number of alkyl halides is 2. The van der Waals surface area contributed by atoms with Gasteiger partial charge in [-0.1, -0.05) is 17.7 Å². The van der Waals surface area contributed by atoms with Gasteiger partial charge < -0.3 is 29.9 Å². The molecule has 246 valence electrons. The van der Waals surface area contributed by atoms with Gasteiger partial charge in [0.25, 0.3) is 5.92 Å². The number of nitrogens with zero attached hydrogens (tertiary/aromatic N) is 4. The van der Waals surface area contributed by atoms with Gasteiger partial charge in [-0.15, -0.1) is 11.3 Å². The molecule has 0 saturated carbocycles. The molecule has 16 heteroatoms. The molecule has 1 saturated heterocycles. The van der Waals surface area contributed by atoms with E-state index in [-0.39, 0.29) is 11.7 Å². The molecule has 0 radical (unpaired) electrons. The van der Waals surface area contributed by atoms with E-state index >= 15 is 0 Å². The molecule has 1 spiro atoms. The summed E-state index contributed by atoms with van der Waals surface area (Å²) in [5.41, 5.74) is 2.39. The fourth-order valence-corrected chi connectivity index (χ4v) is 6.54. The van der Waals surface area contributed by atoms with Crippen molar-refractivity contribution in [3.63, 3.8) is 0 Å². The summed E-state index contributed by atoms with van der Waals surface area (Å²) in [4.78, 5) is 27.0. The summed E-state index contributed by atoms with van der Waals surface area (Å²) in [6.45, 7) is 8.09. The Balaban J connectivity index is 0.000000399. The Morgan fingerprint density at radius 2 is 1.80 bits per heavy atom. The van der Waals surface area contributed by atoms with Crippen LogP contribution in [-0.4, -0.2) is 90.0 Å². The molecular formula is C29H35ClF2N4O8S. The molecule has 5 heterocycles. The first-order valence-electron chi connectivity index (χ1n) is 14.1. The highest BCUT2D eigenvalue weighted by Gasteiger charge is 2.51. The summed E-state index contributed by atoms with van der Waals surface area (Å²) in [5.74, 6) is -5.76. The van der Waals surface area contributed by atoms with Crippen LogP contribution in [0.4, 0.5) is 8.78 Å². The lowest BCUT2D eigenvalue weighted by Crippen LogP contribution is -2.48. The number of rotatable bonds is 9. The zero-order valence-electron chi connectivity index (χ0n) is 24.8. The summed E-state index contributed by atoms with van der Waals surface area (Å²) in [5, 5.41) is 37.2. The lowest BCUT2D eigenvalue weighted by molar-refractivity contribution is -0.182. The van der Waals surface area contributed by atoms with E-state index in [1.165, 1.54) is 17.4 Å². The summed E-state index contributed by atoms with van der Waals surface area (Å²) in [6.07, 6.45) is 0.674. The third-order valence-corrected chi connectivity index (χ3v) is 9.01. The maximum absolute atomic E-state index is 14.4. The van der Waals surface area contributed by atoms with Crippen LogP contribution in [-0.2, 0) is 43.7 Å². The summed E-state index contributed by atoms with van der Waals surface area (Å²) in [7, 11) is 0. The number of aliphatic hydroxyl groups excluding tert-OH is 2. The van der Waals surface area contributed by atoms with E-state index in [0.717, 1.165) is 42.3 Å². The molecule has 3 aromatic heterocycles. The van der Waals surface area contributed by atoms with E-state index in [1.807, 2.05) is 43.8 Å². The van der Waals surface area contributed by atoms with Gasteiger partial charge in [0.05, 0.1) is 22.7 Å². The second-order valence-electron chi connectivity index (χ2n) is 11.2. The number of likely N-dealkylation sites (tertiary alicyclic amines) is 1. The number of halogens is 3. The number of pyridine rings is 1. The first-order valence-corrected chi connectivity index (χ1v) is 15.3. The predicted molar refractivity (Wildman–Crippen MR) is 159 cm³/mol. The standard InChI is InChI=1S/C25H29ClF2N4O2S.C4H6O6/c1-16(2)33-14-18-5-4-8-29-23(18)32-13-19(17(3)30-32)12-31-9-6-24(7-10-31)22-20(11-21(26)35-22)25(27,28)15-34-24;5-1(3(7)8)2(6)4(9)10/h4-5,8,11,13,16H,6-7,9-10,12,14-15H2,1-3H3;1-2,5-6H,(H,7,8)(H,9,10)/t;1-,2-/m.1/s1. The maximum atomic E-state index is 14.4. The number of thiophene rings is 1. The van der Waals surface area contributed by atoms with Gasteiger partial charge in [-0.05, 0) is 45.7 Å². The minimum absolute atomic E-state index is 0.0388. The van der Waals surface area contributed by atoms with Crippen molar-refractivity contribution in [3.05, 3.63) is 62.2 Å². The average Bonchev–Trinajstić information content (AvgIpc) is 3.58. The van der Waals surface area contributed by atoms with Gasteiger partial charge in [0.1, 0.15) is 12.2 Å². The number of ether oxygens (including phenoxy) is 2. The largest absolute Gasteiger partial charge is 0.479 e. The SMILES string of the molecule is Cc1nn(-c2ncccc2COC(C)C)cc1CN1CCC2(CC1)OCC(F)(F)c1cc(Cl)sc12.O=C(O)[C@H](O)[C@@H](O)C(=O)O. The Morgan fingerprint density at radius 1 is 1.16 bits per heavy atom. The van der Waals surface area contributed by atoms with Crippen molar-refractivity contribution >= 4 is 34.9 Å². The monoisotopic (exact) mass is 672 g/mol. The van der Waals surface area contributed by atoms with Gasteiger partial charge in [-0.2, -0.15) is 13.9 Å². The number of carboxylic acid groups (broad SMARTS) is 2. The number of aryl methyl sites for hydroxylation is 1. The van der Waals surface area contributed by atoms with Crippen LogP contribution in [0.3, 0.4) is 0 Å². The van der Waals surface area contributed by atoms with E-state index in [4.69, 9.17) is 46.6 Å². The van der Waals surface area contributed by atoms with Crippen LogP contribution in [0.2, 0.25) is 4.34 Å². The minimum Gasteiger partial charge on any atom is -0.479 e. The van der Waals surface area contributed by atoms with Crippen molar-refractivity contribution in [2.24, 2.45) is 0 Å². The Morgan fingerprint density at radius 3 is 2.40 bits per heavy atom. The second kappa shape index (κ2) is 14.2. The fraction of sp³-hybridized carbons (Fsp3) is 0.517. The van der Waals surface area contributed by atoms with Gasteiger partial charge >= 0.3 is 11.9 Å². The van der Waals surface area contributed by atoms with Crippen LogP contribution < -0.4 is 0 Å². The number of aliphatic carboxylic acids is 2. The second-order valence-corrected chi connectivity index (χ2v) is 12.8. The molecule has 0 bridgehead atoms. The average molecular weight is 673 g/mol. The van der Waals surface area contributed by atoms with Crippen LogP contribution in [0.1, 0.15) is 54.0 Å². The third kappa shape index (κ3) is 8.03. The number of hydrogen-bond acceptors (Lipinski definition) is 10. The van der Waals surface area contributed by atoms with Crippen LogP contribution in [0.25, 0.3) is 5.82 Å². The number of carboxylic acids is 2. The normalized spacial score (nSPS) is 18.6. The molecule has 0 aromatic carbocycles. The van der Waals surface area contributed by atoms with Gasteiger partial charge in [0.15, 0.2) is 18.0 Å². The number of piperidine rings is 1. The number of hydrogen-bond donors (Lipinski definition) is 4. The molecule has 5 rings (SSSR count). The first kappa shape index (κ1) is 34.8. The molecule has 0 aliphatic carbocycles. The molecule has 3 aromatic rings. The van der Waals surface area contributed by atoms with E-state index < -0.39 is 42.3 Å². The van der Waals surface area contributed by atoms with Crippen molar-refractivity contribution in [2.75, 3.05) is 19.7 Å². The number of carbonyl (C=O) groups is 2. The lowest BCUT2D eigenvalue weighted by atomic mass is 9.84.